The zero-order chi connectivity index (χ0) is 20.1. The zero-order valence-electron chi connectivity index (χ0n) is 15.7. The molecular formula is C19H22Cl2N4O2. The van der Waals surface area contributed by atoms with E-state index in [9.17, 15) is 9.59 Å². The smallest absolute Gasteiger partial charge is 0.329 e. The summed E-state index contributed by atoms with van der Waals surface area (Å²) in [4.78, 5) is 25.3. The summed E-state index contributed by atoms with van der Waals surface area (Å²) in [5.41, 5.74) is 5.65. The molecule has 27 heavy (non-hydrogen) atoms. The average Bonchev–Trinajstić information content (AvgIpc) is 2.91. The van der Waals surface area contributed by atoms with E-state index < -0.39 is 11.8 Å². The summed E-state index contributed by atoms with van der Waals surface area (Å²) in [5, 5.41) is 5.07. The number of carbonyl (C=O) groups excluding carboxylic acids is 2. The number of halogens is 2. The van der Waals surface area contributed by atoms with E-state index in [0.717, 1.165) is 22.6 Å². The third kappa shape index (κ3) is 4.70. The highest BCUT2D eigenvalue weighted by Gasteiger charge is 2.18. The van der Waals surface area contributed by atoms with Gasteiger partial charge in [0.2, 0.25) is 0 Å². The van der Waals surface area contributed by atoms with Gasteiger partial charge < -0.3 is 9.47 Å². The van der Waals surface area contributed by atoms with Gasteiger partial charge in [-0.1, -0.05) is 23.2 Å². The summed E-state index contributed by atoms with van der Waals surface area (Å²) in [6.07, 6.45) is 1.50. The first-order chi connectivity index (χ1) is 12.8. The summed E-state index contributed by atoms with van der Waals surface area (Å²) in [6.45, 7) is 8.40. The van der Waals surface area contributed by atoms with Crippen LogP contribution in [0, 0.1) is 13.8 Å². The maximum Gasteiger partial charge on any atom is 0.329 e. The predicted molar refractivity (Wildman–Crippen MR) is 109 cm³/mol. The minimum Gasteiger partial charge on any atom is -0.335 e. The number of rotatable bonds is 5. The number of amides is 2. The maximum atomic E-state index is 11.9. The highest BCUT2D eigenvalue weighted by Crippen LogP contribution is 2.28. The number of hydrazone groups is 1. The Labute approximate surface area is 168 Å². The van der Waals surface area contributed by atoms with Crippen LogP contribution in [0.3, 0.4) is 0 Å². The van der Waals surface area contributed by atoms with Crippen molar-refractivity contribution in [2.24, 2.45) is 5.10 Å². The topological polar surface area (TPSA) is 66.7 Å². The predicted octanol–water partition coefficient (Wildman–Crippen LogP) is 3.72. The standard InChI is InChI=1S/C19H22Cl2N4O2/c1-5-24(6-2)19(27)18(26)23-22-11-14-9-12(3)25(13(14)4)17-10-15(20)7-8-16(17)21/h7-11H,5-6H2,1-4H3,(H,23,26)/b22-11-. The van der Waals surface area contributed by atoms with Crippen LogP contribution in [0.25, 0.3) is 5.69 Å². The number of nitrogens with one attached hydrogen (secondary N) is 1. The quantitative estimate of drug-likeness (QED) is 0.465. The van der Waals surface area contributed by atoms with Crippen LogP contribution in [0.15, 0.2) is 29.4 Å². The molecule has 0 aliphatic rings. The normalized spacial score (nSPS) is 11.0. The van der Waals surface area contributed by atoms with Gasteiger partial charge in [-0.15, -0.1) is 0 Å². The summed E-state index contributed by atoms with van der Waals surface area (Å²) >= 11 is 12.4. The summed E-state index contributed by atoms with van der Waals surface area (Å²) in [5.74, 6) is -1.37. The third-order valence-electron chi connectivity index (χ3n) is 4.23. The Balaban J connectivity index is 2.22. The molecule has 144 valence electrons. The molecule has 0 radical (unpaired) electrons. The molecule has 1 aromatic heterocycles. The molecule has 0 unspecified atom stereocenters. The molecule has 0 fully saturated rings. The van der Waals surface area contributed by atoms with Crippen LogP contribution in [-0.2, 0) is 9.59 Å². The number of aromatic nitrogens is 1. The summed E-state index contributed by atoms with van der Waals surface area (Å²) < 4.78 is 1.96. The SMILES string of the molecule is CCN(CC)C(=O)C(=O)N/N=C\c1cc(C)n(-c2cc(Cl)ccc2Cl)c1C. The van der Waals surface area contributed by atoms with E-state index in [1.807, 2.05) is 38.3 Å². The molecule has 6 nitrogen and oxygen atoms in total. The van der Waals surface area contributed by atoms with Gasteiger partial charge in [-0.2, -0.15) is 5.10 Å². The highest BCUT2D eigenvalue weighted by molar-refractivity contribution is 6.35. The largest absolute Gasteiger partial charge is 0.335 e. The minimum atomic E-state index is -0.762. The molecule has 8 heteroatoms. The molecule has 0 saturated heterocycles. The van der Waals surface area contributed by atoms with Crippen LogP contribution in [0.2, 0.25) is 10.0 Å². The van der Waals surface area contributed by atoms with Crippen molar-refractivity contribution >= 4 is 41.2 Å². The Morgan fingerprint density at radius 3 is 2.48 bits per heavy atom. The monoisotopic (exact) mass is 408 g/mol. The number of likely N-dealkylation sites (N-methyl/N-ethyl adjacent to an activating group) is 1. The molecule has 0 bridgehead atoms. The molecule has 0 atom stereocenters. The number of nitrogens with zero attached hydrogens (tertiary/aromatic N) is 3. The van der Waals surface area contributed by atoms with E-state index in [-0.39, 0.29) is 0 Å². The van der Waals surface area contributed by atoms with E-state index in [0.29, 0.717) is 23.1 Å². The number of hydrogen-bond acceptors (Lipinski definition) is 3. The lowest BCUT2D eigenvalue weighted by atomic mass is 10.2. The van der Waals surface area contributed by atoms with Crippen molar-refractivity contribution in [2.45, 2.75) is 27.7 Å². The van der Waals surface area contributed by atoms with Crippen molar-refractivity contribution in [1.29, 1.82) is 0 Å². The molecule has 1 aromatic carbocycles. The van der Waals surface area contributed by atoms with Gasteiger partial charge >= 0.3 is 11.8 Å². The first-order valence-electron chi connectivity index (χ1n) is 8.56. The van der Waals surface area contributed by atoms with Crippen molar-refractivity contribution in [2.75, 3.05) is 13.1 Å². The lowest BCUT2D eigenvalue weighted by Gasteiger charge is -2.16. The van der Waals surface area contributed by atoms with Gasteiger partial charge in [-0.3, -0.25) is 9.59 Å². The molecule has 0 saturated carbocycles. The van der Waals surface area contributed by atoms with E-state index >= 15 is 0 Å². The van der Waals surface area contributed by atoms with Gasteiger partial charge in [0.05, 0.1) is 16.9 Å². The number of carbonyl (C=O) groups is 2. The van der Waals surface area contributed by atoms with Crippen LogP contribution in [-0.4, -0.2) is 40.6 Å². The Morgan fingerprint density at radius 1 is 1.19 bits per heavy atom. The lowest BCUT2D eigenvalue weighted by molar-refractivity contribution is -0.145. The van der Waals surface area contributed by atoms with Gasteiger partial charge in [-0.25, -0.2) is 5.43 Å². The second-order valence-corrected chi connectivity index (χ2v) is 6.78. The molecule has 0 spiro atoms. The Kier molecular flexibility index (Phi) is 7.05. The van der Waals surface area contributed by atoms with Crippen LogP contribution in [0.1, 0.15) is 30.8 Å². The molecule has 0 aliphatic heterocycles. The fraction of sp³-hybridized carbons (Fsp3) is 0.316. The first kappa shape index (κ1) is 21.0. The van der Waals surface area contributed by atoms with Crippen LogP contribution in [0.4, 0.5) is 0 Å². The number of hydrogen-bond donors (Lipinski definition) is 1. The van der Waals surface area contributed by atoms with Crippen LogP contribution in [0.5, 0.6) is 0 Å². The fourth-order valence-electron chi connectivity index (χ4n) is 2.81. The van der Waals surface area contributed by atoms with Crippen LogP contribution >= 0.6 is 23.2 Å². The summed E-state index contributed by atoms with van der Waals surface area (Å²) in [6, 6.07) is 7.17. The van der Waals surface area contributed by atoms with Crippen molar-refractivity contribution in [3.8, 4) is 5.69 Å². The third-order valence-corrected chi connectivity index (χ3v) is 4.79. The Bertz CT molecular complexity index is 886. The van der Waals surface area contributed by atoms with Gasteiger partial charge in [0, 0.05) is 35.1 Å². The van der Waals surface area contributed by atoms with Crippen molar-refractivity contribution < 1.29 is 9.59 Å². The van der Waals surface area contributed by atoms with Gasteiger partial charge in [0.15, 0.2) is 0 Å². The van der Waals surface area contributed by atoms with Gasteiger partial charge in [-0.05, 0) is 52.0 Å². The van der Waals surface area contributed by atoms with E-state index in [2.05, 4.69) is 10.5 Å². The molecule has 2 aromatic rings. The molecule has 2 amide bonds. The Hall–Kier alpha value is -2.31. The molecule has 1 N–H and O–H groups in total. The van der Waals surface area contributed by atoms with E-state index in [1.165, 1.54) is 11.1 Å². The fourth-order valence-corrected chi connectivity index (χ4v) is 3.18. The number of benzene rings is 1. The van der Waals surface area contributed by atoms with Crippen molar-refractivity contribution in [3.63, 3.8) is 0 Å². The van der Waals surface area contributed by atoms with Gasteiger partial charge in [0.1, 0.15) is 0 Å². The maximum absolute atomic E-state index is 11.9. The Morgan fingerprint density at radius 2 is 1.85 bits per heavy atom. The molecule has 2 rings (SSSR count). The van der Waals surface area contributed by atoms with Crippen molar-refractivity contribution in [3.05, 3.63) is 51.3 Å². The average molecular weight is 409 g/mol. The minimum absolute atomic E-state index is 0.466. The molecular weight excluding hydrogens is 387 g/mol. The number of aryl methyl sites for hydroxylation is 1. The van der Waals surface area contributed by atoms with E-state index in [1.54, 1.807) is 18.2 Å². The van der Waals surface area contributed by atoms with Crippen molar-refractivity contribution in [1.82, 2.24) is 14.9 Å². The lowest BCUT2D eigenvalue weighted by Crippen LogP contribution is -2.41. The summed E-state index contributed by atoms with van der Waals surface area (Å²) in [7, 11) is 0. The zero-order valence-corrected chi connectivity index (χ0v) is 17.2. The first-order valence-corrected chi connectivity index (χ1v) is 9.32. The highest BCUT2D eigenvalue weighted by atomic mass is 35.5. The molecule has 0 aliphatic carbocycles. The second kappa shape index (κ2) is 9.06. The second-order valence-electron chi connectivity index (χ2n) is 5.93. The van der Waals surface area contributed by atoms with E-state index in [4.69, 9.17) is 23.2 Å². The van der Waals surface area contributed by atoms with Gasteiger partial charge in [0.25, 0.3) is 0 Å². The van der Waals surface area contributed by atoms with Crippen LogP contribution < -0.4 is 5.43 Å². The molecule has 1 heterocycles.